The molecule has 1 amide bonds. The molecule has 0 N–H and O–H groups in total. The average molecular weight is 461 g/mol. The Balaban J connectivity index is 1.87. The van der Waals surface area contributed by atoms with Gasteiger partial charge in [-0.2, -0.15) is 5.10 Å². The molecule has 8 heteroatoms. The molecule has 0 saturated carbocycles. The number of fused-ring (bicyclic) bond motifs is 1. The van der Waals surface area contributed by atoms with Crippen LogP contribution in [0, 0.1) is 13.8 Å². The molecule has 0 bridgehead atoms. The van der Waals surface area contributed by atoms with Gasteiger partial charge in [-0.1, -0.05) is 24.2 Å². The molecular formula is C26H28N4O4. The molecule has 0 saturated heterocycles. The van der Waals surface area contributed by atoms with E-state index in [4.69, 9.17) is 14.4 Å². The van der Waals surface area contributed by atoms with E-state index < -0.39 is 11.6 Å². The van der Waals surface area contributed by atoms with E-state index >= 15 is 0 Å². The van der Waals surface area contributed by atoms with Gasteiger partial charge in [-0.15, -0.1) is 0 Å². The van der Waals surface area contributed by atoms with E-state index in [1.54, 1.807) is 18.9 Å². The van der Waals surface area contributed by atoms with Gasteiger partial charge in [0.15, 0.2) is 5.52 Å². The van der Waals surface area contributed by atoms with Crippen LogP contribution in [-0.2, 0) is 4.79 Å². The van der Waals surface area contributed by atoms with Crippen molar-refractivity contribution >= 4 is 22.5 Å². The molecule has 2 aromatic heterocycles. The molecule has 8 nitrogen and oxygen atoms in total. The lowest BCUT2D eigenvalue weighted by Gasteiger charge is -2.27. The van der Waals surface area contributed by atoms with Gasteiger partial charge in [0.2, 0.25) is 0 Å². The molecule has 0 spiro atoms. The Morgan fingerprint density at radius 1 is 1.15 bits per heavy atom. The number of aromatic nitrogens is 3. The van der Waals surface area contributed by atoms with E-state index in [0.717, 1.165) is 16.8 Å². The number of carbonyl (C=O) groups excluding carboxylic acids is 1. The van der Waals surface area contributed by atoms with Gasteiger partial charge in [0.1, 0.15) is 23.2 Å². The quantitative estimate of drug-likeness (QED) is 0.398. The molecule has 2 aromatic carbocycles. The lowest BCUT2D eigenvalue weighted by molar-refractivity contribution is -0.122. The van der Waals surface area contributed by atoms with Crippen molar-refractivity contribution in [1.82, 2.24) is 14.9 Å². The molecule has 0 unspecified atom stereocenters. The Bertz CT molecular complexity index is 1390. The summed E-state index contributed by atoms with van der Waals surface area (Å²) in [5, 5.41) is 9.25. The fraction of sp³-hybridized carbons (Fsp3) is 0.308. The molecule has 4 rings (SSSR count). The van der Waals surface area contributed by atoms with E-state index in [9.17, 15) is 9.59 Å². The molecule has 0 aliphatic carbocycles. The number of carbonyl (C=O) groups is 1. The minimum absolute atomic E-state index is 0.156. The van der Waals surface area contributed by atoms with Crippen LogP contribution in [0.25, 0.3) is 22.2 Å². The second-order valence-corrected chi connectivity index (χ2v) is 8.13. The lowest BCUT2D eigenvalue weighted by Crippen LogP contribution is -2.41. The maximum Gasteiger partial charge on any atom is 0.297 e. The zero-order chi connectivity index (χ0) is 24.4. The largest absolute Gasteiger partial charge is 0.497 e. The summed E-state index contributed by atoms with van der Waals surface area (Å²) in [4.78, 5) is 28.8. The second kappa shape index (κ2) is 9.51. The van der Waals surface area contributed by atoms with Crippen molar-refractivity contribution in [3.05, 3.63) is 70.2 Å². The van der Waals surface area contributed by atoms with Gasteiger partial charge < -0.3 is 14.2 Å². The fourth-order valence-electron chi connectivity index (χ4n) is 4.16. The molecule has 1 atom stereocenters. The summed E-state index contributed by atoms with van der Waals surface area (Å²) in [5.41, 5.74) is 2.83. The van der Waals surface area contributed by atoms with Crippen molar-refractivity contribution in [3.63, 3.8) is 0 Å². The predicted octanol–water partition coefficient (Wildman–Crippen LogP) is 4.68. The van der Waals surface area contributed by atoms with Crippen LogP contribution in [0.15, 0.2) is 57.8 Å². The number of ether oxygens (including phenoxy) is 1. The topological polar surface area (TPSA) is 90.5 Å². The lowest BCUT2D eigenvalue weighted by atomic mass is 10.1. The maximum absolute atomic E-state index is 13.7. The Morgan fingerprint density at radius 2 is 1.88 bits per heavy atom. The second-order valence-electron chi connectivity index (χ2n) is 8.13. The number of hydrogen-bond acceptors (Lipinski definition) is 6. The Labute approximate surface area is 197 Å². The molecule has 176 valence electrons. The minimum Gasteiger partial charge on any atom is -0.497 e. The van der Waals surface area contributed by atoms with Gasteiger partial charge in [-0.05, 0) is 69.2 Å². The molecular weight excluding hydrogens is 432 g/mol. The van der Waals surface area contributed by atoms with Gasteiger partial charge in [-0.3, -0.25) is 9.59 Å². The van der Waals surface area contributed by atoms with Crippen LogP contribution in [-0.4, -0.2) is 34.5 Å². The summed E-state index contributed by atoms with van der Waals surface area (Å²) < 4.78 is 11.9. The maximum atomic E-state index is 13.7. The van der Waals surface area contributed by atoms with Crippen molar-refractivity contribution in [3.8, 4) is 17.0 Å². The van der Waals surface area contributed by atoms with E-state index in [1.807, 2.05) is 69.3 Å². The molecule has 0 aliphatic rings. The average Bonchev–Trinajstić information content (AvgIpc) is 3.23. The Hall–Kier alpha value is -3.94. The minimum atomic E-state index is -0.800. The van der Waals surface area contributed by atoms with Crippen molar-refractivity contribution in [2.75, 3.05) is 18.6 Å². The van der Waals surface area contributed by atoms with Gasteiger partial charge >= 0.3 is 0 Å². The number of methoxy groups -OCH3 is 1. The van der Waals surface area contributed by atoms with Gasteiger partial charge in [0.05, 0.1) is 12.5 Å². The third-order valence-corrected chi connectivity index (χ3v) is 5.94. The van der Waals surface area contributed by atoms with Crippen LogP contribution in [0.4, 0.5) is 5.69 Å². The summed E-state index contributed by atoms with van der Waals surface area (Å²) in [5.74, 6) is 0.992. The van der Waals surface area contributed by atoms with Crippen molar-refractivity contribution in [1.29, 1.82) is 0 Å². The van der Waals surface area contributed by atoms with Gasteiger partial charge in [-0.25, -0.2) is 4.68 Å². The highest BCUT2D eigenvalue weighted by Crippen LogP contribution is 2.30. The molecule has 34 heavy (non-hydrogen) atoms. The highest BCUT2D eigenvalue weighted by Gasteiger charge is 2.29. The predicted molar refractivity (Wildman–Crippen MR) is 131 cm³/mol. The zero-order valence-electron chi connectivity index (χ0n) is 20.0. The third-order valence-electron chi connectivity index (χ3n) is 5.94. The summed E-state index contributed by atoms with van der Waals surface area (Å²) in [6, 6.07) is 14.3. The highest BCUT2D eigenvalue weighted by atomic mass is 16.5. The molecule has 0 fully saturated rings. The summed E-state index contributed by atoms with van der Waals surface area (Å²) in [6.45, 7) is 7.96. The first-order valence-electron chi connectivity index (χ1n) is 11.3. The number of aryl methyl sites for hydroxylation is 2. The molecule has 2 heterocycles. The van der Waals surface area contributed by atoms with Crippen LogP contribution >= 0.6 is 0 Å². The molecule has 0 radical (unpaired) electrons. The monoisotopic (exact) mass is 460 g/mol. The van der Waals surface area contributed by atoms with Crippen LogP contribution in [0.1, 0.15) is 37.6 Å². The smallest absolute Gasteiger partial charge is 0.297 e. The summed E-state index contributed by atoms with van der Waals surface area (Å²) >= 11 is 0. The van der Waals surface area contributed by atoms with E-state index in [0.29, 0.717) is 35.6 Å². The van der Waals surface area contributed by atoms with Crippen molar-refractivity contribution in [2.24, 2.45) is 0 Å². The number of anilines is 1. The third kappa shape index (κ3) is 4.07. The Morgan fingerprint density at radius 3 is 2.50 bits per heavy atom. The van der Waals surface area contributed by atoms with Crippen LogP contribution in [0.3, 0.4) is 0 Å². The summed E-state index contributed by atoms with van der Waals surface area (Å²) in [6.07, 6.45) is 0.387. The highest BCUT2D eigenvalue weighted by molar-refractivity contribution is 5.97. The zero-order valence-corrected chi connectivity index (χ0v) is 20.0. The van der Waals surface area contributed by atoms with Crippen LogP contribution < -0.4 is 15.2 Å². The number of benzene rings is 2. The van der Waals surface area contributed by atoms with Crippen LogP contribution in [0.2, 0.25) is 0 Å². The molecule has 0 aliphatic heterocycles. The van der Waals surface area contributed by atoms with E-state index in [2.05, 4.69) is 5.16 Å². The fourth-order valence-corrected chi connectivity index (χ4v) is 4.16. The van der Waals surface area contributed by atoms with E-state index in [1.165, 1.54) is 4.68 Å². The first-order chi connectivity index (χ1) is 16.4. The first kappa shape index (κ1) is 23.2. The SMILES string of the molecule is CC[C@H](C(=O)N(CC)c1cccc(C)c1)n1nc(-c2ccc(OC)cc2)c2c(C)onc2c1=O. The van der Waals surface area contributed by atoms with Crippen molar-refractivity contribution < 1.29 is 14.1 Å². The van der Waals surface area contributed by atoms with Gasteiger partial charge in [0.25, 0.3) is 11.5 Å². The van der Waals surface area contributed by atoms with Crippen molar-refractivity contribution in [2.45, 2.75) is 40.2 Å². The number of nitrogens with zero attached hydrogens (tertiary/aromatic N) is 4. The Kier molecular flexibility index (Phi) is 6.49. The first-order valence-corrected chi connectivity index (χ1v) is 11.3. The number of likely N-dealkylation sites (N-methyl/N-ethyl adjacent to an activating group) is 1. The number of amides is 1. The van der Waals surface area contributed by atoms with Crippen LogP contribution in [0.5, 0.6) is 5.75 Å². The standard InChI is InChI=1S/C26H28N4O4/c1-6-21(25(31)29(7-2)19-10-8-9-16(3)15-19)30-26(32)24-22(17(4)34-28-24)23(27-30)18-11-13-20(33-5)14-12-18/h8-15,21H,6-7H2,1-5H3/t21-/m1/s1. The van der Waals surface area contributed by atoms with E-state index in [-0.39, 0.29) is 11.4 Å². The van der Waals surface area contributed by atoms with Gasteiger partial charge in [0, 0.05) is 17.8 Å². The normalized spacial score (nSPS) is 12.0. The molecule has 4 aromatic rings. The summed E-state index contributed by atoms with van der Waals surface area (Å²) in [7, 11) is 1.60. The number of rotatable bonds is 7. The number of hydrogen-bond donors (Lipinski definition) is 0.